The molecule has 0 bridgehead atoms. The van der Waals surface area contributed by atoms with Crippen LogP contribution >= 0.6 is 15.9 Å². The molecule has 0 atom stereocenters. The third kappa shape index (κ3) is 2.21. The van der Waals surface area contributed by atoms with Gasteiger partial charge < -0.3 is 0 Å². The minimum atomic E-state index is 0.600. The Hall–Kier alpha value is -0.560. The first kappa shape index (κ1) is 9.53. The van der Waals surface area contributed by atoms with E-state index in [0.29, 0.717) is 5.92 Å². The molecule has 0 aliphatic rings. The Bertz CT molecular complexity index is 270. The van der Waals surface area contributed by atoms with Crippen molar-refractivity contribution in [1.29, 1.82) is 0 Å². The van der Waals surface area contributed by atoms with Gasteiger partial charge in [-0.3, -0.25) is 0 Å². The lowest BCUT2D eigenvalue weighted by atomic mass is 10.0. The zero-order chi connectivity index (χ0) is 9.14. The first-order valence-corrected chi connectivity index (χ1v) is 4.85. The Morgan fingerprint density at radius 2 is 1.75 bits per heavy atom. The van der Waals surface area contributed by atoms with E-state index in [9.17, 15) is 0 Å². The van der Waals surface area contributed by atoms with Crippen LogP contribution in [0.1, 0.15) is 30.9 Å². The largest absolute Gasteiger partial charge is 0.0841 e. The molecule has 0 aliphatic carbocycles. The van der Waals surface area contributed by atoms with Crippen LogP contribution in [-0.4, -0.2) is 0 Å². The van der Waals surface area contributed by atoms with E-state index in [1.165, 1.54) is 5.56 Å². The number of rotatable bonds is 2. The first-order valence-electron chi connectivity index (χ1n) is 4.06. The highest BCUT2D eigenvalue weighted by molar-refractivity contribution is 9.15. The van der Waals surface area contributed by atoms with Crippen molar-refractivity contribution < 1.29 is 0 Å². The van der Waals surface area contributed by atoms with Gasteiger partial charge in [-0.2, -0.15) is 0 Å². The molecule has 1 aromatic rings. The second-order valence-electron chi connectivity index (χ2n) is 3.18. The van der Waals surface area contributed by atoms with Crippen molar-refractivity contribution >= 4 is 20.4 Å². The number of halogens is 1. The molecule has 0 aliphatic heterocycles. The Morgan fingerprint density at radius 3 is 2.08 bits per heavy atom. The summed E-state index contributed by atoms with van der Waals surface area (Å²) in [4.78, 5) is 0. The van der Waals surface area contributed by atoms with Gasteiger partial charge in [-0.15, -0.1) is 0 Å². The molecular formula is C11H13Br. The molecule has 12 heavy (non-hydrogen) atoms. The summed E-state index contributed by atoms with van der Waals surface area (Å²) in [7, 11) is 0. The summed E-state index contributed by atoms with van der Waals surface area (Å²) < 4.78 is 0.942. The third-order valence-electron chi connectivity index (χ3n) is 1.89. The second kappa shape index (κ2) is 3.90. The van der Waals surface area contributed by atoms with Crippen LogP contribution in [0.3, 0.4) is 0 Å². The number of hydrogen-bond acceptors (Lipinski definition) is 0. The molecule has 0 spiro atoms. The molecule has 0 unspecified atom stereocenters. The average Bonchev–Trinajstić information content (AvgIpc) is 2.04. The third-order valence-corrected chi connectivity index (χ3v) is 2.35. The molecule has 0 nitrogen and oxygen atoms in total. The Morgan fingerprint density at radius 1 is 1.25 bits per heavy atom. The lowest BCUT2D eigenvalue weighted by Gasteiger charge is -2.05. The highest BCUT2D eigenvalue weighted by atomic mass is 79.9. The maximum absolute atomic E-state index is 3.82. The molecule has 1 rings (SSSR count). The summed E-state index contributed by atoms with van der Waals surface area (Å²) in [6.45, 7) is 8.20. The Labute approximate surface area is 82.4 Å². The first-order chi connectivity index (χ1) is 5.61. The standard InChI is InChI=1S/C11H13Br/c1-8(2)10-4-6-11(7-5-10)9(3)12/h4-8H,3H2,1-2H3. The summed E-state index contributed by atoms with van der Waals surface area (Å²) in [5.41, 5.74) is 2.52. The van der Waals surface area contributed by atoms with Crippen molar-refractivity contribution in [3.63, 3.8) is 0 Å². The van der Waals surface area contributed by atoms with Gasteiger partial charge in [-0.1, -0.05) is 60.6 Å². The summed E-state index contributed by atoms with van der Waals surface area (Å²) in [6.07, 6.45) is 0. The zero-order valence-corrected chi connectivity index (χ0v) is 9.06. The summed E-state index contributed by atoms with van der Waals surface area (Å²) in [5.74, 6) is 0.600. The Kier molecular flexibility index (Phi) is 3.10. The van der Waals surface area contributed by atoms with E-state index in [4.69, 9.17) is 0 Å². The number of benzene rings is 1. The van der Waals surface area contributed by atoms with Crippen molar-refractivity contribution in [3.05, 3.63) is 42.0 Å². The maximum Gasteiger partial charge on any atom is 0.0175 e. The fraction of sp³-hybridized carbons (Fsp3) is 0.273. The quantitative estimate of drug-likeness (QED) is 0.708. The van der Waals surface area contributed by atoms with E-state index in [1.54, 1.807) is 0 Å². The minimum absolute atomic E-state index is 0.600. The van der Waals surface area contributed by atoms with E-state index in [2.05, 4.69) is 60.6 Å². The van der Waals surface area contributed by atoms with Crippen LogP contribution in [0.15, 0.2) is 30.8 Å². The van der Waals surface area contributed by atoms with Gasteiger partial charge in [0, 0.05) is 4.48 Å². The van der Waals surface area contributed by atoms with Gasteiger partial charge in [-0.25, -0.2) is 0 Å². The smallest absolute Gasteiger partial charge is 0.0175 e. The molecule has 0 saturated carbocycles. The molecule has 0 aromatic heterocycles. The molecule has 0 saturated heterocycles. The van der Waals surface area contributed by atoms with Crippen molar-refractivity contribution in [2.24, 2.45) is 0 Å². The van der Waals surface area contributed by atoms with Crippen molar-refractivity contribution in [1.82, 2.24) is 0 Å². The zero-order valence-electron chi connectivity index (χ0n) is 7.47. The maximum atomic E-state index is 3.82. The van der Waals surface area contributed by atoms with Gasteiger partial charge in [0.2, 0.25) is 0 Å². The van der Waals surface area contributed by atoms with E-state index in [0.717, 1.165) is 10.0 Å². The average molecular weight is 225 g/mol. The van der Waals surface area contributed by atoms with E-state index >= 15 is 0 Å². The van der Waals surface area contributed by atoms with Crippen molar-refractivity contribution in [2.45, 2.75) is 19.8 Å². The second-order valence-corrected chi connectivity index (χ2v) is 4.14. The summed E-state index contributed by atoms with van der Waals surface area (Å²) in [6, 6.07) is 8.47. The van der Waals surface area contributed by atoms with Crippen LogP contribution < -0.4 is 0 Å². The van der Waals surface area contributed by atoms with Gasteiger partial charge in [0.15, 0.2) is 0 Å². The molecule has 1 heteroatoms. The number of hydrogen-bond donors (Lipinski definition) is 0. The SMILES string of the molecule is C=C(Br)c1ccc(C(C)C)cc1. The molecule has 1 aromatic carbocycles. The van der Waals surface area contributed by atoms with E-state index < -0.39 is 0 Å². The van der Waals surface area contributed by atoms with Crippen LogP contribution in [0.4, 0.5) is 0 Å². The molecule has 0 radical (unpaired) electrons. The monoisotopic (exact) mass is 224 g/mol. The summed E-state index contributed by atoms with van der Waals surface area (Å²) in [5, 5.41) is 0. The van der Waals surface area contributed by atoms with Gasteiger partial charge >= 0.3 is 0 Å². The van der Waals surface area contributed by atoms with Crippen LogP contribution in [0, 0.1) is 0 Å². The summed E-state index contributed by atoms with van der Waals surface area (Å²) >= 11 is 3.35. The van der Waals surface area contributed by atoms with Crippen molar-refractivity contribution in [3.8, 4) is 0 Å². The van der Waals surface area contributed by atoms with Crippen LogP contribution in [0.25, 0.3) is 4.48 Å². The minimum Gasteiger partial charge on any atom is -0.0841 e. The molecule has 0 amide bonds. The molecule has 64 valence electrons. The molecule has 0 fully saturated rings. The van der Waals surface area contributed by atoms with Crippen LogP contribution in [0.5, 0.6) is 0 Å². The molecule has 0 N–H and O–H groups in total. The fourth-order valence-electron chi connectivity index (χ4n) is 1.05. The highest BCUT2D eigenvalue weighted by Gasteiger charge is 1.98. The van der Waals surface area contributed by atoms with Gasteiger partial charge in [0.05, 0.1) is 0 Å². The van der Waals surface area contributed by atoms with E-state index in [-0.39, 0.29) is 0 Å². The topological polar surface area (TPSA) is 0 Å². The van der Waals surface area contributed by atoms with Gasteiger partial charge in [0.1, 0.15) is 0 Å². The lowest BCUT2D eigenvalue weighted by Crippen LogP contribution is -1.86. The Balaban J connectivity index is 2.93. The predicted octanol–water partition coefficient (Wildman–Crippen LogP) is 4.18. The van der Waals surface area contributed by atoms with Gasteiger partial charge in [0.25, 0.3) is 0 Å². The van der Waals surface area contributed by atoms with Crippen LogP contribution in [-0.2, 0) is 0 Å². The fourth-order valence-corrected chi connectivity index (χ4v) is 1.31. The van der Waals surface area contributed by atoms with E-state index in [1.807, 2.05) is 0 Å². The van der Waals surface area contributed by atoms with Gasteiger partial charge in [-0.05, 0) is 17.0 Å². The lowest BCUT2D eigenvalue weighted by molar-refractivity contribution is 0.866. The molecule has 0 heterocycles. The van der Waals surface area contributed by atoms with Crippen molar-refractivity contribution in [2.75, 3.05) is 0 Å². The highest BCUT2D eigenvalue weighted by Crippen LogP contribution is 2.21. The van der Waals surface area contributed by atoms with Crippen LogP contribution in [0.2, 0.25) is 0 Å². The normalized spacial score (nSPS) is 10.3. The predicted molar refractivity (Wildman–Crippen MR) is 58.5 cm³/mol. The molecular weight excluding hydrogens is 212 g/mol.